The summed E-state index contributed by atoms with van der Waals surface area (Å²) in [5.41, 5.74) is 8.19. The number of rotatable bonds is 9. The summed E-state index contributed by atoms with van der Waals surface area (Å²) in [7, 11) is 5.49. The molecule has 1 amide bonds. The Labute approximate surface area is 253 Å². The van der Waals surface area contributed by atoms with Crippen LogP contribution in [0.15, 0.2) is 42.7 Å². The zero-order chi connectivity index (χ0) is 31.6. The maximum Gasteiger partial charge on any atom is 0.416 e. The number of aryl methyl sites for hydroxylation is 1. The van der Waals surface area contributed by atoms with Crippen LogP contribution < -0.4 is 26.2 Å². The van der Waals surface area contributed by atoms with E-state index in [4.69, 9.17) is 10.7 Å². The Morgan fingerprint density at radius 3 is 2.45 bits per heavy atom. The van der Waals surface area contributed by atoms with Gasteiger partial charge in [0.1, 0.15) is 17.4 Å². The molecule has 2 aromatic heterocycles. The van der Waals surface area contributed by atoms with E-state index < -0.39 is 17.6 Å². The van der Waals surface area contributed by atoms with Crippen LogP contribution in [0.5, 0.6) is 0 Å². The fraction of sp³-hybridized carbons (Fsp3) is 0.367. The van der Waals surface area contributed by atoms with E-state index in [2.05, 4.69) is 30.5 Å². The lowest BCUT2D eigenvalue weighted by Crippen LogP contribution is -2.28. The highest BCUT2D eigenvalue weighted by atomic mass is 19.4. The van der Waals surface area contributed by atoms with Crippen molar-refractivity contribution in [2.45, 2.75) is 25.9 Å². The summed E-state index contributed by atoms with van der Waals surface area (Å²) in [4.78, 5) is 36.8. The number of halogens is 3. The van der Waals surface area contributed by atoms with Gasteiger partial charge in [0.2, 0.25) is 5.95 Å². The van der Waals surface area contributed by atoms with E-state index in [9.17, 15) is 18.0 Å². The van der Waals surface area contributed by atoms with Crippen molar-refractivity contribution < 1.29 is 18.0 Å². The predicted molar refractivity (Wildman–Crippen MR) is 167 cm³/mol. The molecule has 0 atom stereocenters. The SMILES string of the molecule is Cc1ccc(C(=O)Nc2cc(N(C)CCN(C)C)cc(C(F)(F)F)c2)cc1Nc1ncnc2c(N)nc(N3CCCC3)nc12. The minimum absolute atomic E-state index is 0.0371. The van der Waals surface area contributed by atoms with Crippen molar-refractivity contribution in [2.75, 3.05) is 73.5 Å². The molecular weight excluding hydrogens is 573 g/mol. The van der Waals surface area contributed by atoms with Gasteiger partial charge in [-0.15, -0.1) is 0 Å². The normalized spacial score (nSPS) is 13.5. The Morgan fingerprint density at radius 1 is 1.00 bits per heavy atom. The number of benzene rings is 2. The van der Waals surface area contributed by atoms with E-state index in [1.54, 1.807) is 30.1 Å². The van der Waals surface area contributed by atoms with E-state index in [1.165, 1.54) is 12.4 Å². The summed E-state index contributed by atoms with van der Waals surface area (Å²) in [6.45, 7) is 4.67. The van der Waals surface area contributed by atoms with Crippen LogP contribution in [0.2, 0.25) is 0 Å². The third-order valence-electron chi connectivity index (χ3n) is 7.47. The smallest absolute Gasteiger partial charge is 0.382 e. The van der Waals surface area contributed by atoms with Gasteiger partial charge in [-0.1, -0.05) is 6.07 Å². The summed E-state index contributed by atoms with van der Waals surface area (Å²) in [5.74, 6) is 0.557. The van der Waals surface area contributed by atoms with Gasteiger partial charge in [0, 0.05) is 55.9 Å². The van der Waals surface area contributed by atoms with E-state index in [0.717, 1.165) is 43.6 Å². The molecule has 232 valence electrons. The lowest BCUT2D eigenvalue weighted by molar-refractivity contribution is -0.137. The first-order valence-corrected chi connectivity index (χ1v) is 14.2. The van der Waals surface area contributed by atoms with Crippen molar-refractivity contribution >= 4 is 51.6 Å². The summed E-state index contributed by atoms with van der Waals surface area (Å²) >= 11 is 0. The van der Waals surface area contributed by atoms with Crippen molar-refractivity contribution in [1.29, 1.82) is 0 Å². The molecule has 4 N–H and O–H groups in total. The van der Waals surface area contributed by atoms with Gasteiger partial charge in [-0.05, 0) is 69.8 Å². The van der Waals surface area contributed by atoms with Crippen molar-refractivity contribution in [3.63, 3.8) is 0 Å². The molecule has 44 heavy (non-hydrogen) atoms. The maximum atomic E-state index is 13.8. The largest absolute Gasteiger partial charge is 0.416 e. The summed E-state index contributed by atoms with van der Waals surface area (Å²) < 4.78 is 41.3. The van der Waals surface area contributed by atoms with Crippen LogP contribution in [0.1, 0.15) is 34.3 Å². The average Bonchev–Trinajstić information content (AvgIpc) is 3.52. The van der Waals surface area contributed by atoms with Crippen molar-refractivity contribution in [3.8, 4) is 0 Å². The number of amides is 1. The molecule has 1 fully saturated rings. The lowest BCUT2D eigenvalue weighted by atomic mass is 10.1. The summed E-state index contributed by atoms with van der Waals surface area (Å²) in [6.07, 6.45) is -1.14. The summed E-state index contributed by atoms with van der Waals surface area (Å²) in [6, 6.07) is 8.51. The fourth-order valence-electron chi connectivity index (χ4n) is 4.88. The first-order chi connectivity index (χ1) is 20.9. The highest BCUT2D eigenvalue weighted by Crippen LogP contribution is 2.35. The van der Waals surface area contributed by atoms with Gasteiger partial charge in [-0.25, -0.2) is 15.0 Å². The Bertz CT molecular complexity index is 1670. The quantitative estimate of drug-likeness (QED) is 0.241. The molecule has 5 rings (SSSR count). The molecule has 0 unspecified atom stereocenters. The minimum atomic E-state index is -4.58. The zero-order valence-electron chi connectivity index (χ0n) is 25.0. The number of carbonyl (C=O) groups is 1. The molecule has 0 aliphatic carbocycles. The second kappa shape index (κ2) is 12.5. The molecule has 3 heterocycles. The molecule has 1 aliphatic rings. The third kappa shape index (κ3) is 6.91. The predicted octanol–water partition coefficient (Wildman–Crippen LogP) is 4.92. The lowest BCUT2D eigenvalue weighted by Gasteiger charge is -2.23. The molecular formula is C30H35F3N10O. The molecule has 0 radical (unpaired) electrons. The zero-order valence-corrected chi connectivity index (χ0v) is 25.0. The molecule has 1 saturated heterocycles. The van der Waals surface area contributed by atoms with Crippen LogP contribution in [0.4, 0.5) is 47.8 Å². The highest BCUT2D eigenvalue weighted by Gasteiger charge is 2.32. The molecule has 0 bridgehead atoms. The number of carbonyl (C=O) groups excluding carboxylic acids is 1. The van der Waals surface area contributed by atoms with E-state index in [1.807, 2.05) is 25.9 Å². The average molecular weight is 609 g/mol. The molecule has 11 nitrogen and oxygen atoms in total. The van der Waals surface area contributed by atoms with Crippen LogP contribution in [-0.2, 0) is 6.18 Å². The van der Waals surface area contributed by atoms with E-state index in [0.29, 0.717) is 47.3 Å². The van der Waals surface area contributed by atoms with Crippen LogP contribution in [0, 0.1) is 6.92 Å². The number of alkyl halides is 3. The Hall–Kier alpha value is -4.72. The molecule has 0 saturated carbocycles. The van der Waals surface area contributed by atoms with Gasteiger partial charge in [-0.3, -0.25) is 4.79 Å². The standard InChI is InChI=1S/C30H35F3N10O/c1-18-7-8-19(28(44)37-21-14-20(30(31,32)33)15-22(16-21)42(4)12-11-41(2)3)13-23(18)38-27-25-24(35-17-36-27)26(34)40-29(39-25)43-9-5-6-10-43/h7-8,13-17H,5-6,9-12H2,1-4H3,(H,37,44)(H2,34,39,40)(H,35,36,38). The maximum absolute atomic E-state index is 13.8. The van der Waals surface area contributed by atoms with Gasteiger partial charge in [0.05, 0.1) is 5.56 Å². The van der Waals surface area contributed by atoms with Crippen LogP contribution in [0.25, 0.3) is 11.0 Å². The van der Waals surface area contributed by atoms with Crippen LogP contribution in [0.3, 0.4) is 0 Å². The second-order valence-electron chi connectivity index (χ2n) is 11.1. The van der Waals surface area contributed by atoms with Crippen molar-refractivity contribution in [3.05, 3.63) is 59.4 Å². The highest BCUT2D eigenvalue weighted by molar-refractivity contribution is 6.05. The number of nitrogens with zero attached hydrogens (tertiary/aromatic N) is 7. The second-order valence-corrected chi connectivity index (χ2v) is 11.1. The number of anilines is 6. The van der Waals surface area contributed by atoms with E-state index in [-0.39, 0.29) is 17.1 Å². The molecule has 0 spiro atoms. The first-order valence-electron chi connectivity index (χ1n) is 14.2. The number of nitrogen functional groups attached to an aromatic ring is 1. The Morgan fingerprint density at radius 2 is 1.75 bits per heavy atom. The summed E-state index contributed by atoms with van der Waals surface area (Å²) in [5, 5.41) is 5.89. The van der Waals surface area contributed by atoms with E-state index >= 15 is 0 Å². The number of aromatic nitrogens is 4. The van der Waals surface area contributed by atoms with Crippen molar-refractivity contribution in [2.24, 2.45) is 0 Å². The number of hydrogen-bond donors (Lipinski definition) is 3. The number of fused-ring (bicyclic) bond motifs is 1. The van der Waals surface area contributed by atoms with Crippen molar-refractivity contribution in [1.82, 2.24) is 24.8 Å². The Balaban J connectivity index is 1.42. The third-order valence-corrected chi connectivity index (χ3v) is 7.47. The number of nitrogens with one attached hydrogen (secondary N) is 2. The number of likely N-dealkylation sites (N-methyl/N-ethyl adjacent to an activating group) is 2. The monoisotopic (exact) mass is 608 g/mol. The van der Waals surface area contributed by atoms with Crippen LogP contribution >= 0.6 is 0 Å². The van der Waals surface area contributed by atoms with Gasteiger partial charge in [0.25, 0.3) is 5.91 Å². The van der Waals surface area contributed by atoms with Crippen LogP contribution in [-0.4, -0.2) is 78.1 Å². The van der Waals surface area contributed by atoms with Gasteiger partial charge < -0.3 is 31.1 Å². The molecule has 14 heteroatoms. The molecule has 1 aliphatic heterocycles. The number of nitrogens with two attached hydrogens (primary N) is 1. The Kier molecular flexibility index (Phi) is 8.72. The number of hydrogen-bond acceptors (Lipinski definition) is 10. The van der Waals surface area contributed by atoms with Gasteiger partial charge in [-0.2, -0.15) is 18.2 Å². The molecule has 2 aromatic carbocycles. The van der Waals surface area contributed by atoms with Gasteiger partial charge >= 0.3 is 6.18 Å². The fourth-order valence-corrected chi connectivity index (χ4v) is 4.88. The minimum Gasteiger partial charge on any atom is -0.382 e. The first kappa shape index (κ1) is 30.7. The van der Waals surface area contributed by atoms with Gasteiger partial charge in [0.15, 0.2) is 11.6 Å². The topological polar surface area (TPSA) is 128 Å². The molecule has 4 aromatic rings.